The van der Waals surface area contributed by atoms with Crippen LogP contribution in [0.3, 0.4) is 0 Å². The molecule has 7 nitrogen and oxygen atoms in total. The molecule has 1 fully saturated rings. The molecule has 1 N–H and O–H groups in total. The number of hydrogen-bond acceptors (Lipinski definition) is 5. The van der Waals surface area contributed by atoms with Crippen LogP contribution in [0.4, 0.5) is 0 Å². The van der Waals surface area contributed by atoms with Crippen molar-refractivity contribution in [2.75, 3.05) is 26.3 Å². The number of ether oxygens (including phenoxy) is 2. The summed E-state index contributed by atoms with van der Waals surface area (Å²) < 4.78 is 16.2. The molecular formula is C19H20N2O5. The van der Waals surface area contributed by atoms with Gasteiger partial charge in [0.05, 0.1) is 6.26 Å². The molecule has 7 heteroatoms. The smallest absolute Gasteiger partial charge is 0.289 e. The molecule has 2 aliphatic heterocycles. The molecule has 0 bridgehead atoms. The van der Waals surface area contributed by atoms with E-state index in [-0.39, 0.29) is 17.9 Å². The highest BCUT2D eigenvalue weighted by atomic mass is 16.6. The van der Waals surface area contributed by atoms with Gasteiger partial charge >= 0.3 is 0 Å². The fourth-order valence-electron chi connectivity index (χ4n) is 3.24. The third-order valence-corrected chi connectivity index (χ3v) is 4.65. The number of benzene rings is 1. The van der Waals surface area contributed by atoms with Gasteiger partial charge in [-0.25, -0.2) is 0 Å². The van der Waals surface area contributed by atoms with Gasteiger partial charge in [-0.15, -0.1) is 0 Å². The third kappa shape index (κ3) is 3.37. The van der Waals surface area contributed by atoms with Gasteiger partial charge in [-0.05, 0) is 43.2 Å². The summed E-state index contributed by atoms with van der Waals surface area (Å²) in [6.07, 6.45) is 2.92. The van der Waals surface area contributed by atoms with Crippen LogP contribution in [0.15, 0.2) is 41.0 Å². The molecule has 1 aromatic heterocycles. The van der Waals surface area contributed by atoms with E-state index in [9.17, 15) is 9.59 Å². The van der Waals surface area contributed by atoms with E-state index in [4.69, 9.17) is 13.9 Å². The van der Waals surface area contributed by atoms with E-state index in [2.05, 4.69) is 5.32 Å². The maximum atomic E-state index is 12.5. The molecule has 26 heavy (non-hydrogen) atoms. The minimum atomic E-state index is -0.141. The summed E-state index contributed by atoms with van der Waals surface area (Å²) in [6, 6.07) is 8.61. The summed E-state index contributed by atoms with van der Waals surface area (Å²) in [5.41, 5.74) is 0.545. The Morgan fingerprint density at radius 2 is 1.81 bits per heavy atom. The molecule has 2 aliphatic rings. The largest absolute Gasteiger partial charge is 0.486 e. The van der Waals surface area contributed by atoms with Crippen LogP contribution in [0.25, 0.3) is 0 Å². The van der Waals surface area contributed by atoms with Crippen molar-refractivity contribution in [3.05, 3.63) is 47.9 Å². The van der Waals surface area contributed by atoms with Crippen LogP contribution in [0, 0.1) is 0 Å². The number of fused-ring (bicyclic) bond motifs is 1. The highest BCUT2D eigenvalue weighted by Crippen LogP contribution is 2.30. The minimum absolute atomic E-state index is 0.0383. The molecule has 0 aliphatic carbocycles. The Morgan fingerprint density at radius 3 is 2.54 bits per heavy atom. The van der Waals surface area contributed by atoms with Gasteiger partial charge in [0.25, 0.3) is 11.8 Å². The number of piperidine rings is 1. The minimum Gasteiger partial charge on any atom is -0.486 e. The normalized spacial score (nSPS) is 17.0. The van der Waals surface area contributed by atoms with E-state index in [0.717, 1.165) is 0 Å². The lowest BCUT2D eigenvalue weighted by Gasteiger charge is -2.32. The Hall–Kier alpha value is -2.96. The number of rotatable bonds is 3. The Labute approximate surface area is 150 Å². The molecule has 3 heterocycles. The fourth-order valence-corrected chi connectivity index (χ4v) is 3.24. The molecule has 0 unspecified atom stereocenters. The first-order valence-corrected chi connectivity index (χ1v) is 8.74. The number of nitrogens with one attached hydrogen (secondary N) is 1. The topological polar surface area (TPSA) is 81.0 Å². The van der Waals surface area contributed by atoms with Crippen LogP contribution < -0.4 is 14.8 Å². The number of carbonyl (C=O) groups excluding carboxylic acids is 2. The van der Waals surface area contributed by atoms with Crippen molar-refractivity contribution in [3.8, 4) is 11.5 Å². The van der Waals surface area contributed by atoms with Crippen molar-refractivity contribution in [2.45, 2.75) is 18.9 Å². The Morgan fingerprint density at radius 1 is 1.04 bits per heavy atom. The maximum Gasteiger partial charge on any atom is 0.289 e. The molecule has 2 amide bonds. The number of carbonyl (C=O) groups is 2. The molecule has 4 rings (SSSR count). The number of likely N-dealkylation sites (tertiary alicyclic amines) is 1. The molecule has 1 saturated heterocycles. The fraction of sp³-hybridized carbons (Fsp3) is 0.368. The summed E-state index contributed by atoms with van der Waals surface area (Å²) in [7, 11) is 0. The molecule has 1 aromatic carbocycles. The second-order valence-corrected chi connectivity index (χ2v) is 6.38. The van der Waals surface area contributed by atoms with Crippen molar-refractivity contribution in [1.29, 1.82) is 0 Å². The summed E-state index contributed by atoms with van der Waals surface area (Å²) >= 11 is 0. The predicted octanol–water partition coefficient (Wildman–Crippen LogP) is 2.09. The summed E-state index contributed by atoms with van der Waals surface area (Å²) in [5.74, 6) is 1.37. The summed E-state index contributed by atoms with van der Waals surface area (Å²) in [6.45, 7) is 2.19. The summed E-state index contributed by atoms with van der Waals surface area (Å²) in [4.78, 5) is 26.5. The van der Waals surface area contributed by atoms with Crippen LogP contribution in [0.1, 0.15) is 33.8 Å². The predicted molar refractivity (Wildman–Crippen MR) is 92.5 cm³/mol. The van der Waals surface area contributed by atoms with Gasteiger partial charge in [-0.3, -0.25) is 9.59 Å². The number of amides is 2. The first-order valence-electron chi connectivity index (χ1n) is 8.74. The van der Waals surface area contributed by atoms with Crippen LogP contribution in [0.2, 0.25) is 0 Å². The standard InChI is InChI=1S/C19H20N2O5/c22-18(13-3-4-15-17(12-13)26-11-10-25-15)20-14-5-7-21(8-6-14)19(23)16-2-1-9-24-16/h1-4,9,12,14H,5-8,10-11H2,(H,20,22). The third-order valence-electron chi connectivity index (χ3n) is 4.65. The van der Waals surface area contributed by atoms with Gasteiger partial charge in [0.15, 0.2) is 17.3 Å². The molecular weight excluding hydrogens is 336 g/mol. The SMILES string of the molecule is O=C(NC1CCN(C(=O)c2ccco2)CC1)c1ccc2c(c1)OCCO2. The van der Waals surface area contributed by atoms with Gasteiger partial charge < -0.3 is 24.1 Å². The van der Waals surface area contributed by atoms with Crippen molar-refractivity contribution in [3.63, 3.8) is 0 Å². The van der Waals surface area contributed by atoms with Crippen molar-refractivity contribution >= 4 is 11.8 Å². The van der Waals surface area contributed by atoms with Crippen LogP contribution in [0.5, 0.6) is 11.5 Å². The zero-order valence-electron chi connectivity index (χ0n) is 14.3. The second-order valence-electron chi connectivity index (χ2n) is 6.38. The monoisotopic (exact) mass is 356 g/mol. The highest BCUT2D eigenvalue weighted by Gasteiger charge is 2.26. The summed E-state index contributed by atoms with van der Waals surface area (Å²) in [5, 5.41) is 3.04. The van der Waals surface area contributed by atoms with E-state index in [1.165, 1.54) is 6.26 Å². The number of furan rings is 1. The molecule has 0 saturated carbocycles. The molecule has 0 radical (unpaired) electrons. The quantitative estimate of drug-likeness (QED) is 0.911. The van der Waals surface area contributed by atoms with E-state index < -0.39 is 0 Å². The lowest BCUT2D eigenvalue weighted by molar-refractivity contribution is 0.0667. The van der Waals surface area contributed by atoms with E-state index in [0.29, 0.717) is 62.0 Å². The average molecular weight is 356 g/mol. The van der Waals surface area contributed by atoms with Crippen LogP contribution in [-0.4, -0.2) is 49.1 Å². The van der Waals surface area contributed by atoms with Gasteiger partial charge in [0.2, 0.25) is 0 Å². The highest BCUT2D eigenvalue weighted by molar-refractivity contribution is 5.95. The molecule has 136 valence electrons. The Bertz CT molecular complexity index is 794. The maximum absolute atomic E-state index is 12.5. The lowest BCUT2D eigenvalue weighted by atomic mass is 10.0. The molecule has 2 aromatic rings. The van der Waals surface area contributed by atoms with Crippen LogP contribution in [-0.2, 0) is 0 Å². The lowest BCUT2D eigenvalue weighted by Crippen LogP contribution is -2.46. The molecule has 0 atom stereocenters. The zero-order chi connectivity index (χ0) is 17.9. The van der Waals surface area contributed by atoms with Crippen molar-refractivity contribution in [2.24, 2.45) is 0 Å². The average Bonchev–Trinajstić information content (AvgIpc) is 3.22. The van der Waals surface area contributed by atoms with E-state index in [1.807, 2.05) is 0 Å². The van der Waals surface area contributed by atoms with Crippen molar-refractivity contribution in [1.82, 2.24) is 10.2 Å². The Balaban J connectivity index is 1.33. The van der Waals surface area contributed by atoms with Gasteiger partial charge in [0.1, 0.15) is 13.2 Å². The zero-order valence-corrected chi connectivity index (χ0v) is 14.3. The van der Waals surface area contributed by atoms with E-state index in [1.54, 1.807) is 35.2 Å². The van der Waals surface area contributed by atoms with Gasteiger partial charge in [-0.1, -0.05) is 0 Å². The van der Waals surface area contributed by atoms with Gasteiger partial charge in [-0.2, -0.15) is 0 Å². The van der Waals surface area contributed by atoms with Gasteiger partial charge in [0, 0.05) is 24.7 Å². The first kappa shape index (κ1) is 16.5. The Kier molecular flexibility index (Phi) is 4.51. The van der Waals surface area contributed by atoms with Crippen molar-refractivity contribution < 1.29 is 23.5 Å². The number of nitrogens with zero attached hydrogens (tertiary/aromatic N) is 1. The second kappa shape index (κ2) is 7.11. The van der Waals surface area contributed by atoms with Crippen LogP contribution >= 0.6 is 0 Å². The molecule has 0 spiro atoms. The van der Waals surface area contributed by atoms with E-state index >= 15 is 0 Å². The number of hydrogen-bond donors (Lipinski definition) is 1. The first-order chi connectivity index (χ1) is 12.7.